The van der Waals surface area contributed by atoms with Gasteiger partial charge in [0.25, 0.3) is 0 Å². The number of benzene rings is 2. The molecule has 22 heavy (non-hydrogen) atoms. The number of para-hydroxylation sites is 2. The van der Waals surface area contributed by atoms with Gasteiger partial charge in [0.05, 0.1) is 4.92 Å². The summed E-state index contributed by atoms with van der Waals surface area (Å²) in [7, 11) is 0. The van der Waals surface area contributed by atoms with E-state index < -0.39 is 17.0 Å². The molecule has 1 N–H and O–H groups in total. The van der Waals surface area contributed by atoms with Crippen LogP contribution in [0.25, 0.3) is 0 Å². The van der Waals surface area contributed by atoms with E-state index in [1.165, 1.54) is 25.1 Å². The maximum absolute atomic E-state index is 10.9. The highest BCUT2D eigenvalue weighted by Crippen LogP contribution is 2.32. The van der Waals surface area contributed by atoms with E-state index >= 15 is 0 Å². The lowest BCUT2D eigenvalue weighted by Gasteiger charge is -2.12. The largest absolute Gasteiger partial charge is 0.479 e. The molecule has 2 aromatic carbocycles. The third kappa shape index (κ3) is 3.72. The van der Waals surface area contributed by atoms with Crippen molar-refractivity contribution < 1.29 is 24.3 Å². The third-order valence-corrected chi connectivity index (χ3v) is 2.76. The van der Waals surface area contributed by atoms with Crippen molar-refractivity contribution in [3.8, 4) is 17.2 Å². The molecule has 0 saturated carbocycles. The van der Waals surface area contributed by atoms with Crippen molar-refractivity contribution in [2.24, 2.45) is 0 Å². The van der Waals surface area contributed by atoms with Crippen molar-refractivity contribution >= 4 is 11.7 Å². The van der Waals surface area contributed by atoms with Crippen molar-refractivity contribution in [1.82, 2.24) is 0 Å². The van der Waals surface area contributed by atoms with Crippen molar-refractivity contribution in [1.29, 1.82) is 0 Å². The molecule has 0 bridgehead atoms. The molecule has 0 aliphatic carbocycles. The Bertz CT molecular complexity index is 700. The Morgan fingerprint density at radius 1 is 1.18 bits per heavy atom. The number of carbonyl (C=O) groups is 1. The minimum atomic E-state index is -1.09. The fourth-order valence-corrected chi connectivity index (χ4v) is 1.69. The standard InChI is InChI=1S/C15H13NO6/c1-10(15(17)18)21-11-5-4-6-12(9-11)22-14-8-3-2-7-13(14)16(19)20/h2-10H,1H3,(H,17,18). The summed E-state index contributed by atoms with van der Waals surface area (Å²) < 4.78 is 10.7. The summed E-state index contributed by atoms with van der Waals surface area (Å²) in [5, 5.41) is 19.7. The van der Waals surface area contributed by atoms with Crippen LogP contribution in [-0.2, 0) is 4.79 Å². The zero-order chi connectivity index (χ0) is 16.1. The molecular weight excluding hydrogens is 290 g/mol. The van der Waals surface area contributed by atoms with Crippen molar-refractivity contribution in [3.05, 3.63) is 58.6 Å². The Kier molecular flexibility index (Phi) is 4.57. The van der Waals surface area contributed by atoms with E-state index in [0.29, 0.717) is 11.5 Å². The molecule has 0 saturated heterocycles. The van der Waals surface area contributed by atoms with Gasteiger partial charge in [0.1, 0.15) is 11.5 Å². The van der Waals surface area contributed by atoms with Crippen molar-refractivity contribution in [2.45, 2.75) is 13.0 Å². The van der Waals surface area contributed by atoms with Gasteiger partial charge in [-0.1, -0.05) is 18.2 Å². The highest BCUT2D eigenvalue weighted by molar-refractivity contribution is 5.72. The molecule has 1 unspecified atom stereocenters. The maximum atomic E-state index is 10.9. The van der Waals surface area contributed by atoms with Crippen LogP contribution in [0.4, 0.5) is 5.69 Å². The molecule has 0 spiro atoms. The summed E-state index contributed by atoms with van der Waals surface area (Å²) >= 11 is 0. The molecule has 0 aliphatic rings. The summed E-state index contributed by atoms with van der Waals surface area (Å²) in [4.78, 5) is 21.2. The number of hydrogen-bond donors (Lipinski definition) is 1. The number of nitro benzene ring substituents is 1. The second kappa shape index (κ2) is 6.57. The van der Waals surface area contributed by atoms with Gasteiger partial charge in [-0.3, -0.25) is 10.1 Å². The quantitative estimate of drug-likeness (QED) is 0.649. The molecular formula is C15H13NO6. The van der Waals surface area contributed by atoms with Crippen LogP contribution in [0.15, 0.2) is 48.5 Å². The van der Waals surface area contributed by atoms with Gasteiger partial charge in [-0.2, -0.15) is 0 Å². The highest BCUT2D eigenvalue weighted by Gasteiger charge is 2.16. The van der Waals surface area contributed by atoms with Crippen LogP contribution in [0.3, 0.4) is 0 Å². The Hall–Kier alpha value is -3.09. The zero-order valence-electron chi connectivity index (χ0n) is 11.6. The lowest BCUT2D eigenvalue weighted by atomic mass is 10.3. The van der Waals surface area contributed by atoms with E-state index in [1.807, 2.05) is 0 Å². The fourth-order valence-electron chi connectivity index (χ4n) is 1.69. The average Bonchev–Trinajstić information content (AvgIpc) is 2.47. The van der Waals surface area contributed by atoms with Crippen molar-refractivity contribution in [3.63, 3.8) is 0 Å². The fraction of sp³-hybridized carbons (Fsp3) is 0.133. The molecule has 114 valence electrons. The van der Waals surface area contributed by atoms with Gasteiger partial charge in [-0.15, -0.1) is 0 Å². The number of rotatable bonds is 6. The second-order valence-corrected chi connectivity index (χ2v) is 4.40. The minimum absolute atomic E-state index is 0.0935. The zero-order valence-corrected chi connectivity index (χ0v) is 11.6. The van der Waals surface area contributed by atoms with Gasteiger partial charge < -0.3 is 14.6 Å². The van der Waals surface area contributed by atoms with E-state index in [0.717, 1.165) is 0 Å². The first-order chi connectivity index (χ1) is 10.5. The first kappa shape index (κ1) is 15.3. The number of nitro groups is 1. The molecule has 7 heteroatoms. The number of carboxylic acid groups (broad SMARTS) is 1. The van der Waals surface area contributed by atoms with Crippen molar-refractivity contribution in [2.75, 3.05) is 0 Å². The van der Waals surface area contributed by atoms with Crippen LogP contribution in [0, 0.1) is 10.1 Å². The molecule has 0 radical (unpaired) electrons. The van der Waals surface area contributed by atoms with E-state index in [1.54, 1.807) is 30.3 Å². The van der Waals surface area contributed by atoms with Crippen LogP contribution in [0.2, 0.25) is 0 Å². The Balaban J connectivity index is 2.21. The summed E-state index contributed by atoms with van der Waals surface area (Å²) in [5.74, 6) is -0.392. The molecule has 0 fully saturated rings. The number of ether oxygens (including phenoxy) is 2. The van der Waals surface area contributed by atoms with Crippen LogP contribution in [-0.4, -0.2) is 22.1 Å². The van der Waals surface area contributed by atoms with E-state index in [4.69, 9.17) is 14.6 Å². The van der Waals surface area contributed by atoms with E-state index in [-0.39, 0.29) is 11.4 Å². The Morgan fingerprint density at radius 3 is 2.55 bits per heavy atom. The number of aliphatic carboxylic acids is 1. The van der Waals surface area contributed by atoms with Gasteiger partial charge in [-0.05, 0) is 25.1 Å². The first-order valence-corrected chi connectivity index (χ1v) is 6.38. The molecule has 2 aromatic rings. The van der Waals surface area contributed by atoms with Gasteiger partial charge >= 0.3 is 11.7 Å². The number of nitrogens with zero attached hydrogens (tertiary/aromatic N) is 1. The molecule has 0 heterocycles. The first-order valence-electron chi connectivity index (χ1n) is 6.38. The molecule has 0 aromatic heterocycles. The SMILES string of the molecule is CC(Oc1cccc(Oc2ccccc2[N+](=O)[O-])c1)C(=O)O. The molecule has 2 rings (SSSR count). The molecule has 0 amide bonds. The van der Waals surface area contributed by atoms with Crippen LogP contribution >= 0.6 is 0 Å². The van der Waals surface area contributed by atoms with Gasteiger partial charge in [0, 0.05) is 12.1 Å². The van der Waals surface area contributed by atoms with Crippen LogP contribution in [0.1, 0.15) is 6.92 Å². The Labute approximate surface area is 125 Å². The van der Waals surface area contributed by atoms with E-state index in [9.17, 15) is 14.9 Å². The smallest absolute Gasteiger partial charge is 0.344 e. The normalized spacial score (nSPS) is 11.5. The predicted molar refractivity (Wildman–Crippen MR) is 77.3 cm³/mol. The van der Waals surface area contributed by atoms with Gasteiger partial charge in [0.2, 0.25) is 5.75 Å². The lowest BCUT2D eigenvalue weighted by Crippen LogP contribution is -2.22. The highest BCUT2D eigenvalue weighted by atomic mass is 16.6. The minimum Gasteiger partial charge on any atom is -0.479 e. The van der Waals surface area contributed by atoms with E-state index in [2.05, 4.69) is 0 Å². The monoisotopic (exact) mass is 303 g/mol. The van der Waals surface area contributed by atoms with Gasteiger partial charge in [0.15, 0.2) is 6.10 Å². The summed E-state index contributed by atoms with van der Waals surface area (Å²) in [6.45, 7) is 1.40. The Morgan fingerprint density at radius 2 is 1.86 bits per heavy atom. The topological polar surface area (TPSA) is 98.9 Å². The maximum Gasteiger partial charge on any atom is 0.344 e. The van der Waals surface area contributed by atoms with Crippen LogP contribution in [0.5, 0.6) is 17.2 Å². The molecule has 0 aliphatic heterocycles. The predicted octanol–water partition coefficient (Wildman–Crippen LogP) is 3.24. The summed E-state index contributed by atoms with van der Waals surface area (Å²) in [5.41, 5.74) is -0.160. The average molecular weight is 303 g/mol. The lowest BCUT2D eigenvalue weighted by molar-refractivity contribution is -0.385. The molecule has 7 nitrogen and oxygen atoms in total. The third-order valence-electron chi connectivity index (χ3n) is 2.76. The molecule has 1 atom stereocenters. The second-order valence-electron chi connectivity index (χ2n) is 4.40. The number of hydrogen-bond acceptors (Lipinski definition) is 5. The van der Waals surface area contributed by atoms with Crippen LogP contribution < -0.4 is 9.47 Å². The summed E-state index contributed by atoms with van der Waals surface area (Å²) in [6, 6.07) is 12.2. The summed E-state index contributed by atoms with van der Waals surface area (Å²) in [6.07, 6.45) is -1.01. The van der Waals surface area contributed by atoms with Gasteiger partial charge in [-0.25, -0.2) is 4.79 Å². The number of carboxylic acids is 1.